The van der Waals surface area contributed by atoms with Crippen molar-refractivity contribution in [3.05, 3.63) is 59.3 Å². The lowest BCUT2D eigenvalue weighted by Crippen LogP contribution is -2.32. The van der Waals surface area contributed by atoms with Crippen molar-refractivity contribution in [1.29, 1.82) is 0 Å². The monoisotopic (exact) mass is 469 g/mol. The average molecular weight is 470 g/mol. The van der Waals surface area contributed by atoms with Gasteiger partial charge in [0, 0.05) is 29.7 Å². The molecule has 1 saturated heterocycles. The third-order valence-electron chi connectivity index (χ3n) is 7.32. The number of benzene rings is 1. The third-order valence-corrected chi connectivity index (χ3v) is 7.32. The van der Waals surface area contributed by atoms with E-state index in [1.54, 1.807) is 15.5 Å². The second-order valence-corrected chi connectivity index (χ2v) is 10.1. The Labute approximate surface area is 204 Å². The number of hydrogen-bond donors (Lipinski definition) is 1. The van der Waals surface area contributed by atoms with Crippen LogP contribution in [0.3, 0.4) is 0 Å². The fourth-order valence-electron chi connectivity index (χ4n) is 5.52. The van der Waals surface area contributed by atoms with E-state index >= 15 is 0 Å². The predicted octanol–water partition coefficient (Wildman–Crippen LogP) is 4.21. The Morgan fingerprint density at radius 2 is 1.97 bits per heavy atom. The fraction of sp³-hybridized carbons (Fsp3) is 0.423. The summed E-state index contributed by atoms with van der Waals surface area (Å²) < 4.78 is 3.52. The Balaban J connectivity index is 1.30. The van der Waals surface area contributed by atoms with Gasteiger partial charge in [-0.3, -0.25) is 9.58 Å². The number of piperidine rings is 1. The van der Waals surface area contributed by atoms with E-state index in [1.165, 1.54) is 27.7 Å². The van der Waals surface area contributed by atoms with E-state index in [0.717, 1.165) is 55.1 Å². The summed E-state index contributed by atoms with van der Waals surface area (Å²) in [5, 5.41) is 17.8. The van der Waals surface area contributed by atoms with Crippen molar-refractivity contribution in [2.45, 2.75) is 52.0 Å². The molecule has 0 atom stereocenters. The van der Waals surface area contributed by atoms with Gasteiger partial charge in [0.15, 0.2) is 11.5 Å². The van der Waals surface area contributed by atoms with Gasteiger partial charge in [0.25, 0.3) is 0 Å². The largest absolute Gasteiger partial charge is 0.354 e. The molecule has 1 N–H and O–H groups in total. The third kappa shape index (κ3) is 3.99. The van der Waals surface area contributed by atoms with Gasteiger partial charge in [-0.25, -0.2) is 4.98 Å². The Kier molecular flexibility index (Phi) is 5.36. The topological polar surface area (TPSA) is 92.8 Å². The number of tetrazole rings is 1. The molecule has 0 bridgehead atoms. The van der Waals surface area contributed by atoms with E-state index in [0.29, 0.717) is 11.8 Å². The van der Waals surface area contributed by atoms with E-state index < -0.39 is 0 Å². The number of hydrogen-bond acceptors (Lipinski definition) is 6. The van der Waals surface area contributed by atoms with Crippen LogP contribution in [0.1, 0.15) is 61.0 Å². The molecule has 6 rings (SSSR count). The highest BCUT2D eigenvalue weighted by molar-refractivity contribution is 5.92. The van der Waals surface area contributed by atoms with Gasteiger partial charge in [-0.1, -0.05) is 19.9 Å². The molecule has 35 heavy (non-hydrogen) atoms. The molecule has 0 amide bonds. The first kappa shape index (κ1) is 21.9. The molecular weight excluding hydrogens is 438 g/mol. The number of aromatic nitrogens is 8. The molecule has 5 aromatic rings. The van der Waals surface area contributed by atoms with Crippen LogP contribution in [0.4, 0.5) is 0 Å². The number of nitrogens with zero attached hydrogens (tertiary/aromatic N) is 8. The summed E-state index contributed by atoms with van der Waals surface area (Å²) in [4.78, 5) is 10.6. The van der Waals surface area contributed by atoms with Crippen LogP contribution in [0.5, 0.6) is 0 Å². The van der Waals surface area contributed by atoms with Gasteiger partial charge in [-0.05, 0) is 90.0 Å². The standard InChI is InChI=1S/C26H31N9/c1-16(2)25-20-12-19(18-7-9-34(10-8-18)14-23-27-15-33(4)30-23)5-6-22(20)28-26(25)21-13-35-24(11-17(21)3)29-31-32-35/h5-6,11-13,15-16,18,28H,7-10,14H2,1-4H3. The Hall–Kier alpha value is -3.59. The van der Waals surface area contributed by atoms with Gasteiger partial charge in [0.2, 0.25) is 0 Å². The summed E-state index contributed by atoms with van der Waals surface area (Å²) >= 11 is 0. The lowest BCUT2D eigenvalue weighted by molar-refractivity contribution is 0.200. The summed E-state index contributed by atoms with van der Waals surface area (Å²) in [5.41, 5.74) is 8.21. The Morgan fingerprint density at radius 3 is 2.71 bits per heavy atom. The van der Waals surface area contributed by atoms with E-state index in [1.807, 2.05) is 19.3 Å². The van der Waals surface area contributed by atoms with Crippen LogP contribution >= 0.6 is 0 Å². The number of nitrogens with one attached hydrogen (secondary N) is 1. The van der Waals surface area contributed by atoms with Gasteiger partial charge in [0.05, 0.1) is 12.2 Å². The Bertz CT molecular complexity index is 1500. The molecule has 180 valence electrons. The van der Waals surface area contributed by atoms with Gasteiger partial charge in [0.1, 0.15) is 6.33 Å². The zero-order chi connectivity index (χ0) is 24.1. The van der Waals surface area contributed by atoms with Crippen LogP contribution in [0.15, 0.2) is 36.8 Å². The molecule has 0 radical (unpaired) electrons. The highest BCUT2D eigenvalue weighted by atomic mass is 15.5. The summed E-state index contributed by atoms with van der Waals surface area (Å²) in [6.45, 7) is 9.64. The van der Waals surface area contributed by atoms with Crippen LogP contribution in [-0.4, -0.2) is 57.8 Å². The molecule has 1 aromatic carbocycles. The van der Waals surface area contributed by atoms with Crippen LogP contribution < -0.4 is 0 Å². The summed E-state index contributed by atoms with van der Waals surface area (Å²) in [6.07, 6.45) is 6.12. The first-order chi connectivity index (χ1) is 17.0. The molecule has 9 nitrogen and oxygen atoms in total. The molecule has 9 heteroatoms. The lowest BCUT2D eigenvalue weighted by Gasteiger charge is -2.31. The van der Waals surface area contributed by atoms with Gasteiger partial charge in [-0.15, -0.1) is 5.10 Å². The maximum absolute atomic E-state index is 4.44. The highest BCUT2D eigenvalue weighted by Gasteiger charge is 2.24. The summed E-state index contributed by atoms with van der Waals surface area (Å²) in [6, 6.07) is 9.04. The molecule has 1 aliphatic heterocycles. The number of likely N-dealkylation sites (tertiary alicyclic amines) is 1. The van der Waals surface area contributed by atoms with Crippen molar-refractivity contribution in [2.24, 2.45) is 7.05 Å². The average Bonchev–Trinajstić information content (AvgIpc) is 3.56. The molecule has 0 spiro atoms. The van der Waals surface area contributed by atoms with Gasteiger partial charge in [-0.2, -0.15) is 9.61 Å². The number of rotatable bonds is 5. The zero-order valence-electron chi connectivity index (χ0n) is 20.7. The van der Waals surface area contributed by atoms with Crippen LogP contribution in [-0.2, 0) is 13.6 Å². The van der Waals surface area contributed by atoms with Crippen molar-refractivity contribution >= 4 is 16.6 Å². The lowest BCUT2D eigenvalue weighted by atomic mass is 9.87. The predicted molar refractivity (Wildman–Crippen MR) is 135 cm³/mol. The normalized spacial score (nSPS) is 15.7. The zero-order valence-corrected chi connectivity index (χ0v) is 20.7. The van der Waals surface area contributed by atoms with E-state index in [4.69, 9.17) is 0 Å². The van der Waals surface area contributed by atoms with E-state index in [-0.39, 0.29) is 0 Å². The van der Waals surface area contributed by atoms with E-state index in [2.05, 4.69) is 74.5 Å². The van der Waals surface area contributed by atoms with Gasteiger partial charge < -0.3 is 4.98 Å². The van der Waals surface area contributed by atoms with Crippen molar-refractivity contribution in [3.8, 4) is 11.3 Å². The van der Waals surface area contributed by atoms with Crippen molar-refractivity contribution in [1.82, 2.24) is 44.7 Å². The molecule has 5 heterocycles. The first-order valence-corrected chi connectivity index (χ1v) is 12.4. The van der Waals surface area contributed by atoms with Crippen molar-refractivity contribution in [3.63, 3.8) is 0 Å². The number of pyridine rings is 1. The quantitative estimate of drug-likeness (QED) is 0.414. The molecule has 1 aliphatic rings. The second-order valence-electron chi connectivity index (χ2n) is 10.1. The first-order valence-electron chi connectivity index (χ1n) is 12.4. The molecule has 4 aromatic heterocycles. The molecule has 0 unspecified atom stereocenters. The maximum Gasteiger partial charge on any atom is 0.179 e. The molecule has 0 aliphatic carbocycles. The minimum Gasteiger partial charge on any atom is -0.354 e. The summed E-state index contributed by atoms with van der Waals surface area (Å²) in [7, 11) is 1.92. The minimum absolute atomic E-state index is 0.380. The van der Waals surface area contributed by atoms with E-state index in [9.17, 15) is 0 Å². The smallest absolute Gasteiger partial charge is 0.179 e. The summed E-state index contributed by atoms with van der Waals surface area (Å²) in [5.74, 6) is 1.86. The van der Waals surface area contributed by atoms with Crippen LogP contribution in [0, 0.1) is 6.92 Å². The maximum atomic E-state index is 4.44. The number of aromatic amines is 1. The number of H-pyrrole nitrogens is 1. The number of aryl methyl sites for hydroxylation is 2. The fourth-order valence-corrected chi connectivity index (χ4v) is 5.52. The second kappa shape index (κ2) is 8.57. The highest BCUT2D eigenvalue weighted by Crippen LogP contribution is 2.39. The van der Waals surface area contributed by atoms with Crippen LogP contribution in [0.2, 0.25) is 0 Å². The Morgan fingerprint density at radius 1 is 1.14 bits per heavy atom. The molecule has 0 saturated carbocycles. The van der Waals surface area contributed by atoms with Crippen molar-refractivity contribution < 1.29 is 0 Å². The van der Waals surface area contributed by atoms with Crippen molar-refractivity contribution in [2.75, 3.05) is 13.1 Å². The SMILES string of the molecule is Cc1cc2nnnn2cc1-c1[nH]c2ccc(C3CCN(Cc4ncn(C)n4)CC3)cc2c1C(C)C. The van der Waals surface area contributed by atoms with Gasteiger partial charge >= 0.3 is 0 Å². The number of fused-ring (bicyclic) bond motifs is 2. The molecular formula is C26H31N9. The minimum atomic E-state index is 0.380. The van der Waals surface area contributed by atoms with Crippen LogP contribution in [0.25, 0.3) is 27.8 Å². The molecule has 1 fully saturated rings.